The summed E-state index contributed by atoms with van der Waals surface area (Å²) >= 11 is 0. The molecule has 0 aliphatic carbocycles. The number of aromatic amines is 1. The molecule has 3 nitrogen and oxygen atoms in total. The van der Waals surface area contributed by atoms with Crippen molar-refractivity contribution in [1.29, 1.82) is 0 Å². The summed E-state index contributed by atoms with van der Waals surface area (Å²) in [7, 11) is 0. The summed E-state index contributed by atoms with van der Waals surface area (Å²) in [6.07, 6.45) is 0.633. The van der Waals surface area contributed by atoms with Crippen molar-refractivity contribution >= 4 is 5.82 Å². The van der Waals surface area contributed by atoms with E-state index in [9.17, 15) is 8.78 Å². The van der Waals surface area contributed by atoms with Crippen molar-refractivity contribution in [3.8, 4) is 11.3 Å². The highest BCUT2D eigenvalue weighted by molar-refractivity contribution is 5.63. The Balaban J connectivity index is 2.59. The second-order valence-corrected chi connectivity index (χ2v) is 3.50. The molecule has 0 fully saturated rings. The van der Waals surface area contributed by atoms with E-state index in [1.165, 1.54) is 12.1 Å². The number of nitrogens with zero attached hydrogens (tertiary/aromatic N) is 1. The number of rotatable bonds is 2. The van der Waals surface area contributed by atoms with Gasteiger partial charge in [0, 0.05) is 11.6 Å². The van der Waals surface area contributed by atoms with E-state index in [4.69, 9.17) is 5.73 Å². The molecule has 0 aliphatic rings. The van der Waals surface area contributed by atoms with Crippen molar-refractivity contribution in [3.05, 3.63) is 35.4 Å². The van der Waals surface area contributed by atoms with Gasteiger partial charge >= 0.3 is 0 Å². The molecule has 1 heterocycles. The van der Waals surface area contributed by atoms with Crippen LogP contribution in [-0.4, -0.2) is 10.2 Å². The summed E-state index contributed by atoms with van der Waals surface area (Å²) in [6, 6.07) is 4.25. The van der Waals surface area contributed by atoms with Crippen LogP contribution in [0.1, 0.15) is 12.5 Å². The van der Waals surface area contributed by atoms with Gasteiger partial charge in [0.05, 0.1) is 5.69 Å². The van der Waals surface area contributed by atoms with Crippen LogP contribution in [0.4, 0.5) is 14.6 Å². The smallest absolute Gasteiger partial charge is 0.168 e. The van der Waals surface area contributed by atoms with Crippen molar-refractivity contribution in [2.24, 2.45) is 0 Å². The Labute approximate surface area is 91.3 Å². The molecule has 0 aliphatic heterocycles. The van der Waals surface area contributed by atoms with Crippen molar-refractivity contribution in [3.63, 3.8) is 0 Å². The molecule has 0 radical (unpaired) electrons. The van der Waals surface area contributed by atoms with E-state index in [1.807, 2.05) is 6.92 Å². The van der Waals surface area contributed by atoms with Gasteiger partial charge in [-0.1, -0.05) is 6.92 Å². The Bertz CT molecular complexity index is 520. The van der Waals surface area contributed by atoms with Gasteiger partial charge in [0.25, 0.3) is 0 Å². The summed E-state index contributed by atoms with van der Waals surface area (Å²) < 4.78 is 26.8. The quantitative estimate of drug-likeness (QED) is 0.821. The highest BCUT2D eigenvalue weighted by atomic mass is 19.2. The van der Waals surface area contributed by atoms with E-state index in [0.717, 1.165) is 5.56 Å². The number of nitrogens with two attached hydrogens (primary N) is 1. The van der Waals surface area contributed by atoms with Gasteiger partial charge in [0.15, 0.2) is 11.6 Å². The van der Waals surface area contributed by atoms with Crippen LogP contribution in [0.15, 0.2) is 18.2 Å². The zero-order valence-corrected chi connectivity index (χ0v) is 8.72. The van der Waals surface area contributed by atoms with Crippen LogP contribution in [0, 0.1) is 11.6 Å². The predicted molar refractivity (Wildman–Crippen MR) is 57.7 cm³/mol. The molecule has 0 saturated carbocycles. The van der Waals surface area contributed by atoms with Gasteiger partial charge in [-0.3, -0.25) is 5.10 Å². The Morgan fingerprint density at radius 3 is 2.62 bits per heavy atom. The molecular weight excluding hydrogens is 212 g/mol. The average Bonchev–Trinajstić information content (AvgIpc) is 2.68. The minimum Gasteiger partial charge on any atom is -0.382 e. The molecule has 2 rings (SSSR count). The Morgan fingerprint density at radius 2 is 2.06 bits per heavy atom. The SMILES string of the molecule is CCc1cc(F)c(F)c(-c2cc(N)n[nH]2)c1. The molecule has 1 aromatic carbocycles. The zero-order valence-electron chi connectivity index (χ0n) is 8.72. The molecule has 0 amide bonds. The third-order valence-electron chi connectivity index (χ3n) is 2.38. The normalized spacial score (nSPS) is 10.7. The van der Waals surface area contributed by atoms with Crippen LogP contribution in [0.3, 0.4) is 0 Å². The highest BCUT2D eigenvalue weighted by Crippen LogP contribution is 2.25. The molecule has 0 bridgehead atoms. The average molecular weight is 223 g/mol. The Kier molecular flexibility index (Phi) is 2.60. The lowest BCUT2D eigenvalue weighted by molar-refractivity contribution is 0.509. The van der Waals surface area contributed by atoms with E-state index in [0.29, 0.717) is 12.1 Å². The number of aromatic nitrogens is 2. The Morgan fingerprint density at radius 1 is 1.31 bits per heavy atom. The molecule has 84 valence electrons. The molecule has 0 atom stereocenters. The maximum Gasteiger partial charge on any atom is 0.168 e. The van der Waals surface area contributed by atoms with Crippen LogP contribution >= 0.6 is 0 Å². The molecular formula is C11H11F2N3. The van der Waals surface area contributed by atoms with Crippen molar-refractivity contribution in [1.82, 2.24) is 10.2 Å². The fraction of sp³-hybridized carbons (Fsp3) is 0.182. The zero-order chi connectivity index (χ0) is 11.7. The number of aryl methyl sites for hydroxylation is 1. The standard InChI is InChI=1S/C11H11F2N3/c1-2-6-3-7(11(13)8(12)4-6)9-5-10(14)16-15-9/h3-5H,2H2,1H3,(H3,14,15,16). The summed E-state index contributed by atoms with van der Waals surface area (Å²) in [4.78, 5) is 0. The summed E-state index contributed by atoms with van der Waals surface area (Å²) in [5.41, 5.74) is 6.67. The molecule has 0 unspecified atom stereocenters. The summed E-state index contributed by atoms with van der Waals surface area (Å²) in [6.45, 7) is 1.87. The van der Waals surface area contributed by atoms with Gasteiger partial charge in [-0.15, -0.1) is 0 Å². The predicted octanol–water partition coefficient (Wildman–Crippen LogP) is 2.50. The third-order valence-corrected chi connectivity index (χ3v) is 2.38. The van der Waals surface area contributed by atoms with Crippen molar-refractivity contribution < 1.29 is 8.78 Å². The van der Waals surface area contributed by atoms with Crippen LogP contribution in [0.5, 0.6) is 0 Å². The topological polar surface area (TPSA) is 54.7 Å². The lowest BCUT2D eigenvalue weighted by Crippen LogP contribution is -1.93. The molecule has 3 N–H and O–H groups in total. The van der Waals surface area contributed by atoms with E-state index >= 15 is 0 Å². The highest BCUT2D eigenvalue weighted by Gasteiger charge is 2.13. The number of halogens is 2. The fourth-order valence-electron chi connectivity index (χ4n) is 1.52. The molecule has 16 heavy (non-hydrogen) atoms. The van der Waals surface area contributed by atoms with Crippen LogP contribution in [0.25, 0.3) is 11.3 Å². The van der Waals surface area contributed by atoms with Crippen LogP contribution in [-0.2, 0) is 6.42 Å². The lowest BCUT2D eigenvalue weighted by Gasteiger charge is -2.04. The molecule has 1 aromatic heterocycles. The first-order valence-electron chi connectivity index (χ1n) is 4.91. The second-order valence-electron chi connectivity index (χ2n) is 3.50. The molecule has 0 spiro atoms. The maximum absolute atomic E-state index is 13.5. The summed E-state index contributed by atoms with van der Waals surface area (Å²) in [5.74, 6) is -1.50. The van der Waals surface area contributed by atoms with Crippen molar-refractivity contribution in [2.75, 3.05) is 5.73 Å². The second kappa shape index (κ2) is 3.92. The van der Waals surface area contributed by atoms with Crippen molar-refractivity contribution in [2.45, 2.75) is 13.3 Å². The molecule has 5 heteroatoms. The number of benzene rings is 1. The van der Waals surface area contributed by atoms with E-state index in [2.05, 4.69) is 10.2 Å². The monoisotopic (exact) mass is 223 g/mol. The first-order valence-corrected chi connectivity index (χ1v) is 4.91. The number of H-pyrrole nitrogens is 1. The third kappa shape index (κ3) is 1.76. The maximum atomic E-state index is 13.5. The first-order chi connectivity index (χ1) is 7.61. The first kappa shape index (κ1) is 10.6. The van der Waals surface area contributed by atoms with Gasteiger partial charge in [-0.05, 0) is 24.1 Å². The van der Waals surface area contributed by atoms with Gasteiger partial charge in [-0.2, -0.15) is 5.10 Å². The number of hydrogen-bond donors (Lipinski definition) is 2. The minimum atomic E-state index is -0.888. The molecule has 2 aromatic rings. The fourth-order valence-corrected chi connectivity index (χ4v) is 1.52. The Hall–Kier alpha value is -1.91. The van der Waals surface area contributed by atoms with Gasteiger partial charge in [0.1, 0.15) is 5.82 Å². The van der Waals surface area contributed by atoms with E-state index in [-0.39, 0.29) is 11.4 Å². The van der Waals surface area contributed by atoms with Crippen LogP contribution < -0.4 is 5.73 Å². The lowest BCUT2D eigenvalue weighted by atomic mass is 10.1. The van der Waals surface area contributed by atoms with E-state index in [1.54, 1.807) is 6.07 Å². The largest absolute Gasteiger partial charge is 0.382 e. The molecule has 0 saturated heterocycles. The number of hydrogen-bond acceptors (Lipinski definition) is 2. The number of anilines is 1. The number of nitrogens with one attached hydrogen (secondary N) is 1. The van der Waals surface area contributed by atoms with Gasteiger partial charge < -0.3 is 5.73 Å². The van der Waals surface area contributed by atoms with Gasteiger partial charge in [0.2, 0.25) is 0 Å². The van der Waals surface area contributed by atoms with E-state index < -0.39 is 11.6 Å². The number of nitrogen functional groups attached to an aromatic ring is 1. The summed E-state index contributed by atoms with van der Waals surface area (Å²) in [5, 5.41) is 6.24. The minimum absolute atomic E-state index is 0.154. The van der Waals surface area contributed by atoms with Gasteiger partial charge in [-0.25, -0.2) is 8.78 Å². The van der Waals surface area contributed by atoms with Crippen LogP contribution in [0.2, 0.25) is 0 Å².